The van der Waals surface area contributed by atoms with Crippen molar-refractivity contribution in [3.63, 3.8) is 0 Å². The van der Waals surface area contributed by atoms with Gasteiger partial charge in [-0.2, -0.15) is 0 Å². The standard InChI is InChI=1S/C8H11AsN2O4.2Na/c10-8(12)5-11-7-4-2-1-3-6(7)9(13,14)15;;/h1-4,11H,5H2,(H2,10,12)(H2,13,14,15);;/q;2*+1/p-2. The first-order valence-electron chi connectivity index (χ1n) is 4.05. The van der Waals surface area contributed by atoms with E-state index in [0.717, 1.165) is 0 Å². The van der Waals surface area contributed by atoms with Gasteiger partial charge in [0.25, 0.3) is 0 Å². The summed E-state index contributed by atoms with van der Waals surface area (Å²) in [6.45, 7) is -0.215. The first-order chi connectivity index (χ1) is 6.91. The minimum Gasteiger partial charge on any atom is 1.00 e. The maximum atomic E-state index is 10.9. The Morgan fingerprint density at radius 3 is 2.29 bits per heavy atom. The summed E-state index contributed by atoms with van der Waals surface area (Å²) in [6, 6.07) is 5.60. The third-order valence-electron chi connectivity index (χ3n) is 1.65. The van der Waals surface area contributed by atoms with Crippen LogP contribution in [0.2, 0.25) is 0 Å². The number of para-hydroxylation sites is 1. The Morgan fingerprint density at radius 1 is 1.29 bits per heavy atom. The molecule has 1 aromatic rings. The molecule has 0 unspecified atom stereocenters. The summed E-state index contributed by atoms with van der Waals surface area (Å²) in [4.78, 5) is 10.5. The van der Waals surface area contributed by atoms with Gasteiger partial charge in [-0.25, -0.2) is 0 Å². The van der Waals surface area contributed by atoms with E-state index in [1.54, 1.807) is 6.07 Å². The average Bonchev–Trinajstić information content (AvgIpc) is 2.13. The molecule has 9 heteroatoms. The van der Waals surface area contributed by atoms with Crippen molar-refractivity contribution in [3.05, 3.63) is 24.3 Å². The molecular formula is C8H9AsN2Na2O4. The summed E-state index contributed by atoms with van der Waals surface area (Å²) in [7, 11) is 0. The van der Waals surface area contributed by atoms with E-state index in [1.807, 2.05) is 0 Å². The van der Waals surface area contributed by atoms with Crippen LogP contribution in [0, 0.1) is 0 Å². The number of benzene rings is 1. The van der Waals surface area contributed by atoms with Crippen LogP contribution >= 0.6 is 0 Å². The Kier molecular flexibility index (Phi) is 10.4. The molecule has 1 aromatic carbocycles. The van der Waals surface area contributed by atoms with Crippen molar-refractivity contribution in [2.45, 2.75) is 0 Å². The number of hydrogen-bond donors (Lipinski definition) is 2. The van der Waals surface area contributed by atoms with Crippen LogP contribution in [0.1, 0.15) is 0 Å². The van der Waals surface area contributed by atoms with Crippen molar-refractivity contribution >= 4 is 30.1 Å². The third-order valence-corrected chi connectivity index (χ3v) is 3.71. The molecule has 0 aliphatic rings. The smallest absolute Gasteiger partial charge is 1.00 e. The second-order valence-electron chi connectivity index (χ2n) is 2.83. The zero-order valence-electron chi connectivity index (χ0n) is 9.67. The molecule has 0 aromatic heterocycles. The molecule has 82 valence electrons. The van der Waals surface area contributed by atoms with Gasteiger partial charge in [0.15, 0.2) is 0 Å². The van der Waals surface area contributed by atoms with Gasteiger partial charge in [-0.3, -0.25) is 0 Å². The number of hydrogen-bond acceptors (Lipinski definition) is 5. The first-order valence-corrected chi connectivity index (χ1v) is 7.29. The summed E-state index contributed by atoms with van der Waals surface area (Å²) < 4.78 is 32.3. The molecule has 3 N–H and O–H groups in total. The van der Waals surface area contributed by atoms with Crippen LogP contribution in [0.25, 0.3) is 0 Å². The zero-order valence-corrected chi connectivity index (χ0v) is 15.6. The fraction of sp³-hybridized carbons (Fsp3) is 0.125. The van der Waals surface area contributed by atoms with E-state index < -0.39 is 20.1 Å². The van der Waals surface area contributed by atoms with E-state index in [1.165, 1.54) is 18.2 Å². The van der Waals surface area contributed by atoms with E-state index >= 15 is 0 Å². The average molecular weight is 318 g/mol. The monoisotopic (exact) mass is 318 g/mol. The normalized spacial score (nSPS) is 9.76. The number of carbonyl (C=O) groups is 1. The summed E-state index contributed by atoms with van der Waals surface area (Å²) >= 11 is -5.45. The molecule has 0 radical (unpaired) electrons. The number of nitrogens with one attached hydrogen (secondary N) is 1. The fourth-order valence-corrected chi connectivity index (χ4v) is 2.55. The maximum absolute atomic E-state index is 10.9. The SMILES string of the molecule is NC(=O)CNc1ccccc1[As](=O)([O-])[O-].[Na+].[Na+]. The number of rotatable bonds is 4. The predicted molar refractivity (Wildman–Crippen MR) is 50.2 cm³/mol. The molecule has 0 saturated heterocycles. The van der Waals surface area contributed by atoms with Gasteiger partial charge in [-0.1, -0.05) is 0 Å². The maximum Gasteiger partial charge on any atom is 1.00 e. The van der Waals surface area contributed by atoms with Gasteiger partial charge in [-0.05, 0) is 0 Å². The Balaban J connectivity index is 0. The number of nitrogens with two attached hydrogens (primary N) is 1. The summed E-state index contributed by atoms with van der Waals surface area (Å²) in [6.07, 6.45) is 0. The summed E-state index contributed by atoms with van der Waals surface area (Å²) in [5.74, 6) is -0.635. The molecule has 0 heterocycles. The van der Waals surface area contributed by atoms with Crippen molar-refractivity contribution in [1.29, 1.82) is 0 Å². The van der Waals surface area contributed by atoms with Crippen LogP contribution < -0.4 is 82.7 Å². The van der Waals surface area contributed by atoms with Gasteiger partial charge in [0.1, 0.15) is 0 Å². The quantitative estimate of drug-likeness (QED) is 0.535. The molecule has 0 atom stereocenters. The molecule has 6 nitrogen and oxygen atoms in total. The van der Waals surface area contributed by atoms with E-state index in [4.69, 9.17) is 5.73 Å². The molecule has 1 rings (SSSR count). The Bertz CT molecular complexity index is 424. The minimum atomic E-state index is -5.45. The zero-order chi connectivity index (χ0) is 11.5. The molecule has 0 fully saturated rings. The number of carbonyl (C=O) groups excluding carboxylic acids is 1. The van der Waals surface area contributed by atoms with Crippen LogP contribution in [-0.2, 0) is 8.53 Å². The number of anilines is 1. The second kappa shape index (κ2) is 8.80. The molecular weight excluding hydrogens is 309 g/mol. The Hall–Kier alpha value is 0.768. The largest absolute Gasteiger partial charge is 1.00 e. The minimum absolute atomic E-state index is 0. The number of amides is 1. The van der Waals surface area contributed by atoms with Crippen molar-refractivity contribution in [3.8, 4) is 0 Å². The van der Waals surface area contributed by atoms with E-state index in [2.05, 4.69) is 5.32 Å². The Labute approximate surface area is 146 Å². The van der Waals surface area contributed by atoms with Gasteiger partial charge < -0.3 is 0 Å². The van der Waals surface area contributed by atoms with Crippen molar-refractivity contribution < 1.29 is 75.8 Å². The van der Waals surface area contributed by atoms with Gasteiger partial charge in [0, 0.05) is 0 Å². The second-order valence-corrected chi connectivity index (χ2v) is 5.93. The molecule has 0 aliphatic heterocycles. The van der Waals surface area contributed by atoms with Gasteiger partial charge in [-0.15, -0.1) is 0 Å². The van der Waals surface area contributed by atoms with Crippen LogP contribution in [-0.4, -0.2) is 26.6 Å². The Morgan fingerprint density at radius 2 is 1.82 bits per heavy atom. The van der Waals surface area contributed by atoms with Crippen LogP contribution in [0.4, 0.5) is 5.69 Å². The molecule has 1 amide bonds. The van der Waals surface area contributed by atoms with Crippen LogP contribution in [0.3, 0.4) is 0 Å². The molecule has 0 aliphatic carbocycles. The van der Waals surface area contributed by atoms with E-state index in [-0.39, 0.29) is 75.7 Å². The van der Waals surface area contributed by atoms with E-state index in [0.29, 0.717) is 0 Å². The van der Waals surface area contributed by atoms with Crippen LogP contribution in [0.15, 0.2) is 24.3 Å². The molecule has 17 heavy (non-hydrogen) atoms. The summed E-state index contributed by atoms with van der Waals surface area (Å²) in [5.41, 5.74) is 4.99. The topological polar surface area (TPSA) is 118 Å². The molecule has 0 bridgehead atoms. The van der Waals surface area contributed by atoms with Gasteiger partial charge in [0.05, 0.1) is 0 Å². The van der Waals surface area contributed by atoms with Crippen LogP contribution in [0.5, 0.6) is 0 Å². The van der Waals surface area contributed by atoms with Crippen molar-refractivity contribution in [1.82, 2.24) is 0 Å². The van der Waals surface area contributed by atoms with Crippen molar-refractivity contribution in [2.24, 2.45) is 5.73 Å². The predicted octanol–water partition coefficient (Wildman–Crippen LogP) is -9.11. The number of primary amides is 1. The molecule has 0 spiro atoms. The summed E-state index contributed by atoms with van der Waals surface area (Å²) in [5, 5.41) is 2.49. The third kappa shape index (κ3) is 7.05. The molecule has 0 saturated carbocycles. The fourth-order valence-electron chi connectivity index (χ4n) is 1.04. The van der Waals surface area contributed by atoms with Gasteiger partial charge in [0.2, 0.25) is 0 Å². The van der Waals surface area contributed by atoms with E-state index in [9.17, 15) is 16.7 Å². The van der Waals surface area contributed by atoms with Gasteiger partial charge >= 0.3 is 148 Å². The van der Waals surface area contributed by atoms with Crippen molar-refractivity contribution in [2.75, 3.05) is 11.9 Å². The first kappa shape index (κ1) is 20.1.